The number of hydrogen-bond donors (Lipinski definition) is 2. The average Bonchev–Trinajstić information content (AvgIpc) is 2.84. The van der Waals surface area contributed by atoms with Gasteiger partial charge in [-0.25, -0.2) is 0 Å². The van der Waals surface area contributed by atoms with E-state index in [1.165, 1.54) is 0 Å². The maximum absolute atomic E-state index is 11.2. The molecule has 1 aliphatic heterocycles. The smallest absolute Gasteiger partial charge is 0.320 e. The number of benzene rings is 1. The predicted molar refractivity (Wildman–Crippen MR) is 75.4 cm³/mol. The van der Waals surface area contributed by atoms with Crippen LogP contribution in [0.25, 0.3) is 0 Å². The summed E-state index contributed by atoms with van der Waals surface area (Å²) in [6.45, 7) is 3.48. The number of phenolic OH excluding ortho intramolecular Hbond substituents is 1. The lowest BCUT2D eigenvalue weighted by Gasteiger charge is -2.21. The molecule has 1 saturated heterocycles. The number of carbonyl (C=O) groups is 1. The van der Waals surface area contributed by atoms with Crippen LogP contribution in [0.1, 0.15) is 25.3 Å². The minimum Gasteiger partial charge on any atom is -0.503 e. The van der Waals surface area contributed by atoms with Crippen molar-refractivity contribution in [1.82, 2.24) is 4.90 Å². The van der Waals surface area contributed by atoms with Gasteiger partial charge in [0.15, 0.2) is 11.5 Å². The molecule has 0 unspecified atom stereocenters. The number of rotatable bonds is 5. The third kappa shape index (κ3) is 3.16. The first kappa shape index (κ1) is 14.9. The van der Waals surface area contributed by atoms with Gasteiger partial charge in [-0.3, -0.25) is 9.69 Å². The summed E-state index contributed by atoms with van der Waals surface area (Å²) in [5.74, 6) is -0.535. The second-order valence-corrected chi connectivity index (χ2v) is 5.23. The first-order chi connectivity index (χ1) is 9.52. The largest absolute Gasteiger partial charge is 0.503 e. The van der Waals surface area contributed by atoms with Gasteiger partial charge < -0.3 is 14.9 Å². The molecule has 0 bridgehead atoms. The Hall–Kier alpha value is -1.46. The second-order valence-electron chi connectivity index (χ2n) is 4.82. The van der Waals surface area contributed by atoms with Crippen molar-refractivity contribution in [2.75, 3.05) is 13.2 Å². The maximum Gasteiger partial charge on any atom is 0.320 e. The SMILES string of the molecule is CCOc1cc(CN2CCC[C@@H]2C(=O)O)cc(Cl)c1O. The fraction of sp³-hybridized carbons (Fsp3) is 0.500. The average molecular weight is 300 g/mol. The molecular formula is C14H18ClNO4. The van der Waals surface area contributed by atoms with E-state index in [9.17, 15) is 9.90 Å². The summed E-state index contributed by atoms with van der Waals surface area (Å²) in [5.41, 5.74) is 0.837. The Balaban J connectivity index is 2.19. The number of ether oxygens (including phenoxy) is 1. The van der Waals surface area contributed by atoms with Crippen LogP contribution in [0.3, 0.4) is 0 Å². The number of nitrogens with zero attached hydrogens (tertiary/aromatic N) is 1. The fourth-order valence-electron chi connectivity index (χ4n) is 2.51. The van der Waals surface area contributed by atoms with E-state index in [4.69, 9.17) is 21.4 Å². The number of hydrogen-bond acceptors (Lipinski definition) is 4. The summed E-state index contributed by atoms with van der Waals surface area (Å²) in [7, 11) is 0. The fourth-order valence-corrected chi connectivity index (χ4v) is 2.75. The molecule has 0 aromatic heterocycles. The van der Waals surface area contributed by atoms with Crippen LogP contribution in [0, 0.1) is 0 Å². The van der Waals surface area contributed by atoms with Crippen molar-refractivity contribution < 1.29 is 19.7 Å². The molecule has 5 nitrogen and oxygen atoms in total. The lowest BCUT2D eigenvalue weighted by molar-refractivity contribution is -0.142. The van der Waals surface area contributed by atoms with Crippen LogP contribution >= 0.6 is 11.6 Å². The zero-order valence-electron chi connectivity index (χ0n) is 11.3. The molecule has 2 N–H and O–H groups in total. The maximum atomic E-state index is 11.2. The van der Waals surface area contributed by atoms with E-state index in [0.29, 0.717) is 25.3 Å². The molecule has 0 amide bonds. The third-order valence-electron chi connectivity index (χ3n) is 3.42. The molecule has 0 spiro atoms. The highest BCUT2D eigenvalue weighted by Gasteiger charge is 2.30. The van der Waals surface area contributed by atoms with E-state index < -0.39 is 12.0 Å². The van der Waals surface area contributed by atoms with Gasteiger partial charge in [-0.15, -0.1) is 0 Å². The minimum absolute atomic E-state index is 0.0755. The number of phenols is 1. The van der Waals surface area contributed by atoms with E-state index in [1.54, 1.807) is 12.1 Å². The molecule has 0 aliphatic carbocycles. The molecule has 0 saturated carbocycles. The van der Waals surface area contributed by atoms with Gasteiger partial charge in [-0.05, 0) is 44.0 Å². The highest BCUT2D eigenvalue weighted by atomic mass is 35.5. The van der Waals surface area contributed by atoms with Crippen LogP contribution in [0.15, 0.2) is 12.1 Å². The van der Waals surface area contributed by atoms with Crippen molar-refractivity contribution in [2.24, 2.45) is 0 Å². The summed E-state index contributed by atoms with van der Waals surface area (Å²) in [5, 5.41) is 19.2. The number of carboxylic acids is 1. The Labute approximate surface area is 122 Å². The number of aromatic hydroxyl groups is 1. The highest BCUT2D eigenvalue weighted by molar-refractivity contribution is 6.32. The first-order valence-electron chi connectivity index (χ1n) is 6.64. The van der Waals surface area contributed by atoms with Crippen molar-refractivity contribution in [3.8, 4) is 11.5 Å². The van der Waals surface area contributed by atoms with Gasteiger partial charge in [0.1, 0.15) is 6.04 Å². The van der Waals surface area contributed by atoms with Crippen molar-refractivity contribution >= 4 is 17.6 Å². The molecule has 2 rings (SSSR count). The topological polar surface area (TPSA) is 70.0 Å². The summed E-state index contributed by atoms with van der Waals surface area (Å²) in [6.07, 6.45) is 1.54. The monoisotopic (exact) mass is 299 g/mol. The van der Waals surface area contributed by atoms with Crippen LogP contribution in [0.4, 0.5) is 0 Å². The van der Waals surface area contributed by atoms with Gasteiger partial charge in [-0.1, -0.05) is 11.6 Å². The van der Waals surface area contributed by atoms with Gasteiger partial charge in [0.2, 0.25) is 0 Å². The lowest BCUT2D eigenvalue weighted by Crippen LogP contribution is -2.35. The summed E-state index contributed by atoms with van der Waals surface area (Å²) >= 11 is 5.97. The Morgan fingerprint density at radius 3 is 2.95 bits per heavy atom. The highest BCUT2D eigenvalue weighted by Crippen LogP contribution is 2.36. The Morgan fingerprint density at radius 1 is 1.55 bits per heavy atom. The number of aliphatic carboxylic acids is 1. The van der Waals surface area contributed by atoms with E-state index in [2.05, 4.69) is 0 Å². The standard InChI is InChI=1S/C14H18ClNO4/c1-2-20-12-7-9(6-10(15)13(12)17)8-16-5-3-4-11(16)14(18)19/h6-7,11,17H,2-5,8H2,1H3,(H,18,19)/t11-/m1/s1. The van der Waals surface area contributed by atoms with E-state index in [-0.39, 0.29) is 10.8 Å². The van der Waals surface area contributed by atoms with Crippen molar-refractivity contribution in [2.45, 2.75) is 32.4 Å². The van der Waals surface area contributed by atoms with E-state index in [0.717, 1.165) is 18.5 Å². The zero-order chi connectivity index (χ0) is 14.7. The summed E-state index contributed by atoms with van der Waals surface area (Å²) < 4.78 is 5.33. The number of halogens is 1. The molecular weight excluding hydrogens is 282 g/mol. The molecule has 1 aliphatic rings. The zero-order valence-corrected chi connectivity index (χ0v) is 12.1. The third-order valence-corrected chi connectivity index (χ3v) is 3.71. The quantitative estimate of drug-likeness (QED) is 0.874. The van der Waals surface area contributed by atoms with Gasteiger partial charge in [0.25, 0.3) is 0 Å². The van der Waals surface area contributed by atoms with Crippen LogP contribution in [0.5, 0.6) is 11.5 Å². The molecule has 1 atom stereocenters. The van der Waals surface area contributed by atoms with Gasteiger partial charge >= 0.3 is 5.97 Å². The molecule has 110 valence electrons. The van der Waals surface area contributed by atoms with Crippen LogP contribution < -0.4 is 4.74 Å². The van der Waals surface area contributed by atoms with E-state index >= 15 is 0 Å². The van der Waals surface area contributed by atoms with Crippen molar-refractivity contribution in [3.63, 3.8) is 0 Å². The number of carboxylic acid groups (broad SMARTS) is 1. The van der Waals surface area contributed by atoms with Crippen LogP contribution in [-0.4, -0.2) is 40.3 Å². The molecule has 1 fully saturated rings. The minimum atomic E-state index is -0.794. The second kappa shape index (κ2) is 6.33. The summed E-state index contributed by atoms with van der Waals surface area (Å²) in [4.78, 5) is 13.1. The molecule has 1 aromatic rings. The van der Waals surface area contributed by atoms with Gasteiger partial charge in [-0.2, -0.15) is 0 Å². The first-order valence-corrected chi connectivity index (χ1v) is 7.01. The Morgan fingerprint density at radius 2 is 2.30 bits per heavy atom. The molecule has 1 aromatic carbocycles. The number of likely N-dealkylation sites (tertiary alicyclic amines) is 1. The lowest BCUT2D eigenvalue weighted by atomic mass is 10.1. The molecule has 0 radical (unpaired) electrons. The van der Waals surface area contributed by atoms with Crippen molar-refractivity contribution in [3.05, 3.63) is 22.7 Å². The molecule has 1 heterocycles. The molecule has 6 heteroatoms. The Kier molecular flexibility index (Phi) is 4.73. The predicted octanol–water partition coefficient (Wildman–Crippen LogP) is 2.49. The van der Waals surface area contributed by atoms with Gasteiger partial charge in [0, 0.05) is 6.54 Å². The summed E-state index contributed by atoms with van der Waals surface area (Å²) in [6, 6.07) is 2.91. The van der Waals surface area contributed by atoms with Crippen LogP contribution in [-0.2, 0) is 11.3 Å². The van der Waals surface area contributed by atoms with Crippen molar-refractivity contribution in [1.29, 1.82) is 0 Å². The van der Waals surface area contributed by atoms with Crippen LogP contribution in [0.2, 0.25) is 5.02 Å². The van der Waals surface area contributed by atoms with Gasteiger partial charge in [0.05, 0.1) is 11.6 Å². The Bertz CT molecular complexity index is 506. The van der Waals surface area contributed by atoms with E-state index in [1.807, 2.05) is 11.8 Å². The molecule has 20 heavy (non-hydrogen) atoms. The normalized spacial score (nSPS) is 19.2.